The summed E-state index contributed by atoms with van der Waals surface area (Å²) in [5.74, 6) is -2.20. The van der Waals surface area contributed by atoms with Crippen LogP contribution in [0.4, 0.5) is 32.0 Å². The predicted octanol–water partition coefficient (Wildman–Crippen LogP) is 5.58. The molecule has 1 unspecified atom stereocenters. The van der Waals surface area contributed by atoms with E-state index in [0.29, 0.717) is 24.1 Å². The number of carbonyl (C=O) groups excluding carboxylic acids is 2. The van der Waals surface area contributed by atoms with E-state index in [1.807, 2.05) is 5.32 Å². The lowest BCUT2D eigenvalue weighted by Crippen LogP contribution is -2.41. The predicted molar refractivity (Wildman–Crippen MR) is 134 cm³/mol. The van der Waals surface area contributed by atoms with Crippen LogP contribution in [0.5, 0.6) is 0 Å². The second-order valence-electron chi connectivity index (χ2n) is 9.10. The Morgan fingerprint density at radius 3 is 2.07 bits per heavy atom. The van der Waals surface area contributed by atoms with E-state index in [1.54, 1.807) is 42.5 Å². The van der Waals surface area contributed by atoms with Gasteiger partial charge in [0.15, 0.2) is 6.61 Å². The van der Waals surface area contributed by atoms with Crippen molar-refractivity contribution in [3.8, 4) is 0 Å². The van der Waals surface area contributed by atoms with Crippen LogP contribution in [0.2, 0.25) is 0 Å². The fourth-order valence-corrected chi connectivity index (χ4v) is 6.07. The van der Waals surface area contributed by atoms with E-state index in [0.717, 1.165) is 9.87 Å². The Morgan fingerprint density at radius 1 is 0.878 bits per heavy atom. The largest absolute Gasteiger partial charge is 0.456 e. The van der Waals surface area contributed by atoms with Crippen molar-refractivity contribution in [2.75, 3.05) is 18.5 Å². The number of benzene rings is 3. The molecule has 1 heterocycles. The highest BCUT2D eigenvalue weighted by Gasteiger charge is 2.39. The van der Waals surface area contributed by atoms with Crippen LogP contribution >= 0.6 is 0 Å². The molecule has 7 nitrogen and oxygen atoms in total. The van der Waals surface area contributed by atoms with Crippen LogP contribution in [-0.2, 0) is 43.1 Å². The fraction of sp³-hybridized carbons (Fsp3) is 0.259. The maximum absolute atomic E-state index is 13.4. The van der Waals surface area contributed by atoms with Gasteiger partial charge in [0.25, 0.3) is 5.91 Å². The van der Waals surface area contributed by atoms with Crippen molar-refractivity contribution in [2.24, 2.45) is 0 Å². The summed E-state index contributed by atoms with van der Waals surface area (Å²) >= 11 is 0. The molecule has 41 heavy (non-hydrogen) atoms. The number of sulfonamides is 1. The van der Waals surface area contributed by atoms with Gasteiger partial charge >= 0.3 is 18.3 Å². The molecule has 1 amide bonds. The minimum absolute atomic E-state index is 0.0106. The molecule has 0 bridgehead atoms. The maximum Gasteiger partial charge on any atom is 0.416 e. The highest BCUT2D eigenvalue weighted by molar-refractivity contribution is 7.89. The van der Waals surface area contributed by atoms with E-state index in [-0.39, 0.29) is 17.5 Å². The number of esters is 1. The zero-order valence-electron chi connectivity index (χ0n) is 21.0. The van der Waals surface area contributed by atoms with Gasteiger partial charge in [-0.3, -0.25) is 9.59 Å². The van der Waals surface area contributed by atoms with Crippen molar-refractivity contribution >= 4 is 27.6 Å². The fourth-order valence-electron chi connectivity index (χ4n) is 4.44. The molecule has 1 aliphatic rings. The van der Waals surface area contributed by atoms with Crippen LogP contribution in [0.15, 0.2) is 77.7 Å². The first kappa shape index (κ1) is 30.1. The molecular weight excluding hydrogens is 578 g/mol. The van der Waals surface area contributed by atoms with E-state index in [1.165, 1.54) is 12.1 Å². The first-order chi connectivity index (χ1) is 19.2. The maximum atomic E-state index is 13.4. The van der Waals surface area contributed by atoms with Crippen LogP contribution in [0.25, 0.3) is 0 Å². The topological polar surface area (TPSA) is 92.8 Å². The van der Waals surface area contributed by atoms with Gasteiger partial charge in [-0.25, -0.2) is 8.42 Å². The number of fused-ring (bicyclic) bond motifs is 1. The number of amides is 1. The third-order valence-electron chi connectivity index (χ3n) is 6.31. The summed E-state index contributed by atoms with van der Waals surface area (Å²) in [5.41, 5.74) is -2.68. The van der Waals surface area contributed by atoms with Gasteiger partial charge < -0.3 is 10.1 Å². The minimum Gasteiger partial charge on any atom is -0.456 e. The lowest BCUT2D eigenvalue weighted by atomic mass is 9.92. The molecule has 0 aliphatic carbocycles. The highest BCUT2D eigenvalue weighted by Crippen LogP contribution is 2.38. The van der Waals surface area contributed by atoms with E-state index in [2.05, 4.69) is 0 Å². The summed E-state index contributed by atoms with van der Waals surface area (Å²) in [6.45, 7) is -0.972. The summed E-state index contributed by atoms with van der Waals surface area (Å²) < 4.78 is 111. The van der Waals surface area contributed by atoms with Crippen molar-refractivity contribution in [3.05, 3.63) is 95.1 Å². The Bertz CT molecular complexity index is 1510. The van der Waals surface area contributed by atoms with Gasteiger partial charge in [-0.15, -0.1) is 0 Å². The van der Waals surface area contributed by atoms with Crippen molar-refractivity contribution in [1.29, 1.82) is 0 Å². The number of ether oxygens (including phenoxy) is 1. The number of nitrogens with one attached hydrogen (secondary N) is 1. The molecular formula is C27H22F6N2O5S. The third kappa shape index (κ3) is 7.06. The minimum atomic E-state index is -5.12. The van der Waals surface area contributed by atoms with Crippen molar-refractivity contribution < 1.29 is 49.1 Å². The zero-order valence-corrected chi connectivity index (χ0v) is 21.8. The van der Waals surface area contributed by atoms with E-state index in [4.69, 9.17) is 4.74 Å². The van der Waals surface area contributed by atoms with Gasteiger partial charge in [0.1, 0.15) is 0 Å². The number of nitrogens with zero attached hydrogens (tertiary/aromatic N) is 1. The quantitative estimate of drug-likeness (QED) is 0.282. The van der Waals surface area contributed by atoms with Gasteiger partial charge in [0.05, 0.1) is 28.5 Å². The number of halogens is 6. The number of hydrogen-bond acceptors (Lipinski definition) is 5. The Hall–Kier alpha value is -3.91. The Labute approximate surface area is 230 Å². The van der Waals surface area contributed by atoms with Crippen LogP contribution < -0.4 is 5.32 Å². The molecule has 0 radical (unpaired) electrons. The number of alkyl halides is 6. The molecule has 3 aromatic carbocycles. The molecule has 0 spiro atoms. The van der Waals surface area contributed by atoms with Crippen LogP contribution in [0.3, 0.4) is 0 Å². The zero-order chi connectivity index (χ0) is 30.0. The standard InChI is InChI=1S/C27H22F6N2O5S/c28-26(29,30)18-12-19(27(31,32)33)14-20(13-18)34-24(36)16-40-25(37)15-23-22-9-5-4-6-17(22)10-11-35(23)41(38,39)21-7-2-1-3-8-21/h1-9,12-14,23H,10-11,15-16H2,(H,34,36). The third-order valence-corrected chi connectivity index (χ3v) is 8.23. The van der Waals surface area contributed by atoms with Gasteiger partial charge in [0.2, 0.25) is 10.0 Å². The molecule has 0 saturated heterocycles. The van der Waals surface area contributed by atoms with Gasteiger partial charge in [-0.05, 0) is 47.9 Å². The number of rotatable bonds is 7. The molecule has 4 rings (SSSR count). The van der Waals surface area contributed by atoms with E-state index < -0.39 is 70.1 Å². The number of carbonyl (C=O) groups is 2. The average Bonchev–Trinajstić information content (AvgIpc) is 2.91. The molecule has 14 heteroatoms. The molecule has 0 fully saturated rings. The summed E-state index contributed by atoms with van der Waals surface area (Å²) in [5, 5.41) is 1.87. The summed E-state index contributed by atoms with van der Waals surface area (Å²) in [6.07, 6.45) is -10.4. The molecule has 3 aromatic rings. The first-order valence-electron chi connectivity index (χ1n) is 12.1. The SMILES string of the molecule is O=C(COC(=O)CC1c2ccccc2CCN1S(=O)(=O)c1ccccc1)Nc1cc(C(F)(F)F)cc(C(F)(F)F)c1. The Kier molecular flexibility index (Phi) is 8.45. The number of anilines is 1. The van der Waals surface area contributed by atoms with Gasteiger partial charge in [0, 0.05) is 12.2 Å². The molecule has 1 aliphatic heterocycles. The molecule has 218 valence electrons. The van der Waals surface area contributed by atoms with Crippen LogP contribution in [0, 0.1) is 0 Å². The second-order valence-corrected chi connectivity index (χ2v) is 11.0. The van der Waals surface area contributed by atoms with Crippen molar-refractivity contribution in [3.63, 3.8) is 0 Å². The normalized spacial score (nSPS) is 16.1. The monoisotopic (exact) mass is 600 g/mol. The van der Waals surface area contributed by atoms with Crippen LogP contribution in [-0.4, -0.2) is 37.8 Å². The first-order valence-corrected chi connectivity index (χ1v) is 13.5. The Morgan fingerprint density at radius 2 is 1.46 bits per heavy atom. The van der Waals surface area contributed by atoms with Crippen molar-refractivity contribution in [1.82, 2.24) is 4.31 Å². The molecule has 0 saturated carbocycles. The lowest BCUT2D eigenvalue weighted by Gasteiger charge is -2.36. The molecule has 1 atom stereocenters. The summed E-state index contributed by atoms with van der Waals surface area (Å²) in [4.78, 5) is 25.0. The van der Waals surface area contributed by atoms with Crippen molar-refractivity contribution in [2.45, 2.75) is 36.1 Å². The summed E-state index contributed by atoms with van der Waals surface area (Å²) in [7, 11) is -4.04. The second kappa shape index (κ2) is 11.5. The Balaban J connectivity index is 1.49. The van der Waals surface area contributed by atoms with E-state index in [9.17, 15) is 44.3 Å². The lowest BCUT2D eigenvalue weighted by molar-refractivity contribution is -0.148. The van der Waals surface area contributed by atoms with E-state index >= 15 is 0 Å². The average molecular weight is 601 g/mol. The summed E-state index contributed by atoms with van der Waals surface area (Å²) in [6, 6.07) is 14.0. The number of hydrogen-bond donors (Lipinski definition) is 1. The highest BCUT2D eigenvalue weighted by atomic mass is 32.2. The smallest absolute Gasteiger partial charge is 0.416 e. The van der Waals surface area contributed by atoms with Gasteiger partial charge in [-0.2, -0.15) is 30.6 Å². The molecule has 1 N–H and O–H groups in total. The van der Waals surface area contributed by atoms with Gasteiger partial charge in [-0.1, -0.05) is 42.5 Å². The molecule has 0 aromatic heterocycles. The van der Waals surface area contributed by atoms with Crippen LogP contribution in [0.1, 0.15) is 34.7 Å².